The molecule has 14 heteroatoms. The Morgan fingerprint density at radius 2 is 1.77 bits per heavy atom. The number of hydrogen-bond acceptors (Lipinski definition) is 10. The average molecular weight is 798 g/mol. The SMILES string of the molecule is COc1cc(OCC(=O)N(C)CCc2ccc(-c3ccccc3)c(NC(=O)O[C@H]3CC[C@H](N)CC3)c2)c(Cl)cc1CNC[C@H](O)c1ccc(O)c2[nH]c(=O)ccc12. The summed E-state index contributed by atoms with van der Waals surface area (Å²) in [6.45, 7) is 0.573. The highest BCUT2D eigenvalue weighted by Gasteiger charge is 2.23. The Labute approximate surface area is 335 Å². The molecule has 2 amide bonds. The van der Waals surface area contributed by atoms with Crippen LogP contribution in [0.25, 0.3) is 22.0 Å². The summed E-state index contributed by atoms with van der Waals surface area (Å²) < 4.78 is 17.2. The van der Waals surface area contributed by atoms with E-state index in [9.17, 15) is 24.6 Å². The van der Waals surface area contributed by atoms with E-state index in [0.29, 0.717) is 40.9 Å². The first-order valence-corrected chi connectivity index (χ1v) is 19.2. The first-order valence-electron chi connectivity index (χ1n) is 18.9. The molecule has 0 bridgehead atoms. The van der Waals surface area contributed by atoms with Gasteiger partial charge in [-0.1, -0.05) is 60.1 Å². The van der Waals surface area contributed by atoms with Crippen LogP contribution in [0.4, 0.5) is 10.5 Å². The molecule has 6 rings (SSSR count). The van der Waals surface area contributed by atoms with E-state index in [1.165, 1.54) is 19.2 Å². The Bertz CT molecular complexity index is 2240. The van der Waals surface area contributed by atoms with Crippen molar-refractivity contribution < 1.29 is 34.0 Å². The third-order valence-corrected chi connectivity index (χ3v) is 10.5. The average Bonchev–Trinajstić information content (AvgIpc) is 3.21. The molecule has 5 aromatic rings. The zero-order valence-corrected chi connectivity index (χ0v) is 32.7. The number of hydrogen-bond donors (Lipinski definition) is 6. The van der Waals surface area contributed by atoms with Crippen LogP contribution in [0.15, 0.2) is 89.7 Å². The second-order valence-electron chi connectivity index (χ2n) is 14.2. The lowest BCUT2D eigenvalue weighted by molar-refractivity contribution is -0.132. The molecule has 1 fully saturated rings. The van der Waals surface area contributed by atoms with E-state index in [2.05, 4.69) is 15.6 Å². The summed E-state index contributed by atoms with van der Waals surface area (Å²) in [5, 5.41) is 28.1. The highest BCUT2D eigenvalue weighted by atomic mass is 35.5. The number of aromatic nitrogens is 1. The summed E-state index contributed by atoms with van der Waals surface area (Å²) in [4.78, 5) is 42.1. The molecule has 0 saturated heterocycles. The van der Waals surface area contributed by atoms with Crippen molar-refractivity contribution in [2.75, 3.05) is 39.2 Å². The highest BCUT2D eigenvalue weighted by Crippen LogP contribution is 2.34. The number of nitrogens with one attached hydrogen (secondary N) is 3. The molecule has 57 heavy (non-hydrogen) atoms. The van der Waals surface area contributed by atoms with Crippen molar-refractivity contribution >= 4 is 40.2 Å². The number of phenols is 1. The van der Waals surface area contributed by atoms with Crippen LogP contribution in [-0.2, 0) is 22.5 Å². The number of fused-ring (bicyclic) bond motifs is 1. The van der Waals surface area contributed by atoms with Crippen LogP contribution >= 0.6 is 11.6 Å². The molecule has 4 aromatic carbocycles. The van der Waals surface area contributed by atoms with E-state index < -0.39 is 12.2 Å². The van der Waals surface area contributed by atoms with Gasteiger partial charge in [0.25, 0.3) is 5.91 Å². The monoisotopic (exact) mass is 797 g/mol. The fourth-order valence-corrected chi connectivity index (χ4v) is 7.15. The topological polar surface area (TPSA) is 188 Å². The van der Waals surface area contributed by atoms with Gasteiger partial charge in [0.05, 0.1) is 29.4 Å². The van der Waals surface area contributed by atoms with Gasteiger partial charge in [0.1, 0.15) is 23.4 Å². The quantitative estimate of drug-likeness (QED) is 0.0703. The molecule has 1 aromatic heterocycles. The lowest BCUT2D eigenvalue weighted by Crippen LogP contribution is -2.33. The van der Waals surface area contributed by atoms with E-state index >= 15 is 0 Å². The zero-order valence-electron chi connectivity index (χ0n) is 31.9. The maximum absolute atomic E-state index is 13.2. The molecular formula is C43H48ClN5O8. The van der Waals surface area contributed by atoms with Crippen LogP contribution in [0.1, 0.15) is 48.5 Å². The van der Waals surface area contributed by atoms with E-state index in [0.717, 1.165) is 42.4 Å². The molecular weight excluding hydrogens is 750 g/mol. The second-order valence-corrected chi connectivity index (χ2v) is 14.6. The minimum atomic E-state index is -0.950. The number of aliphatic hydroxyl groups excluding tert-OH is 1. The van der Waals surface area contributed by atoms with Crippen molar-refractivity contribution in [1.82, 2.24) is 15.2 Å². The molecule has 1 saturated carbocycles. The third kappa shape index (κ3) is 10.6. The lowest BCUT2D eigenvalue weighted by Gasteiger charge is -2.26. The first kappa shape index (κ1) is 41.0. The number of phenolic OH excluding ortho intramolecular Hbond substituents is 1. The number of methoxy groups -OCH3 is 1. The largest absolute Gasteiger partial charge is 0.506 e. The minimum Gasteiger partial charge on any atom is -0.506 e. The Balaban J connectivity index is 1.03. The van der Waals surface area contributed by atoms with E-state index in [1.54, 1.807) is 36.2 Å². The van der Waals surface area contributed by atoms with Crippen molar-refractivity contribution in [3.63, 3.8) is 0 Å². The van der Waals surface area contributed by atoms with Crippen molar-refractivity contribution in [1.29, 1.82) is 0 Å². The molecule has 0 radical (unpaired) electrons. The van der Waals surface area contributed by atoms with Crippen molar-refractivity contribution in [3.8, 4) is 28.4 Å². The van der Waals surface area contributed by atoms with Gasteiger partial charge in [0.2, 0.25) is 5.56 Å². The predicted molar refractivity (Wildman–Crippen MR) is 220 cm³/mol. The van der Waals surface area contributed by atoms with Gasteiger partial charge in [0, 0.05) is 61.4 Å². The summed E-state index contributed by atoms with van der Waals surface area (Å²) in [6, 6.07) is 25.0. The van der Waals surface area contributed by atoms with Gasteiger partial charge in [-0.15, -0.1) is 0 Å². The standard InChI is InChI=1S/C43H48ClN5O8/c1-49(19-18-26-8-13-31(27-6-4-3-5-7-27)35(20-26)47-43(54)57-30-11-9-29(45)10-12-30)41(53)25-56-39-22-38(55-2)28(21-34(39)44)23-46-24-37(51)32-14-16-36(50)42-33(32)15-17-40(52)48-42/h3-8,13-17,20-22,29-30,37,46,50-51H,9-12,18-19,23-25,45H2,1-2H3,(H,47,54)(H,48,52)/t29-,30-,37-/m0/s1. The number of aromatic amines is 1. The minimum absolute atomic E-state index is 0.0868. The van der Waals surface area contributed by atoms with E-state index in [1.807, 2.05) is 48.5 Å². The summed E-state index contributed by atoms with van der Waals surface area (Å²) in [5.41, 5.74) is 10.5. The van der Waals surface area contributed by atoms with Gasteiger partial charge >= 0.3 is 6.09 Å². The van der Waals surface area contributed by atoms with Gasteiger partial charge in [0.15, 0.2) is 6.61 Å². The van der Waals surface area contributed by atoms with Crippen LogP contribution in [-0.4, -0.2) is 78.1 Å². The summed E-state index contributed by atoms with van der Waals surface area (Å²) in [6.07, 6.45) is 2.04. The number of carbonyl (C=O) groups is 2. The third-order valence-electron chi connectivity index (χ3n) is 10.2. The number of H-pyrrole nitrogens is 1. The molecule has 1 heterocycles. The van der Waals surface area contributed by atoms with Crippen LogP contribution < -0.4 is 31.4 Å². The van der Waals surface area contributed by atoms with Gasteiger partial charge in [-0.25, -0.2) is 4.79 Å². The Kier molecular flexibility index (Phi) is 13.7. The number of amides is 2. The number of ether oxygens (including phenoxy) is 3. The molecule has 0 spiro atoms. The number of nitrogens with two attached hydrogens (primary N) is 1. The number of carbonyl (C=O) groups excluding carboxylic acids is 2. The number of pyridine rings is 1. The maximum atomic E-state index is 13.2. The van der Waals surface area contributed by atoms with Gasteiger partial charge in [-0.3, -0.25) is 14.9 Å². The Hall–Kier alpha value is -5.60. The van der Waals surface area contributed by atoms with Gasteiger partial charge in [-0.05, 0) is 73.1 Å². The molecule has 13 nitrogen and oxygen atoms in total. The number of aromatic hydroxyl groups is 1. The number of likely N-dealkylation sites (N-methyl/N-ethyl adjacent to an activating group) is 1. The van der Waals surface area contributed by atoms with Crippen molar-refractivity contribution in [2.24, 2.45) is 5.73 Å². The van der Waals surface area contributed by atoms with Crippen LogP contribution in [0.3, 0.4) is 0 Å². The molecule has 1 atom stereocenters. The van der Waals surface area contributed by atoms with E-state index in [-0.39, 0.29) is 65.3 Å². The predicted octanol–water partition coefficient (Wildman–Crippen LogP) is 6.28. The smallest absolute Gasteiger partial charge is 0.411 e. The van der Waals surface area contributed by atoms with Crippen LogP contribution in [0, 0.1) is 0 Å². The first-order chi connectivity index (χ1) is 27.5. The lowest BCUT2D eigenvalue weighted by atomic mass is 9.94. The molecule has 1 aliphatic rings. The van der Waals surface area contributed by atoms with E-state index in [4.69, 9.17) is 31.5 Å². The fourth-order valence-electron chi connectivity index (χ4n) is 6.91. The van der Waals surface area contributed by atoms with Crippen LogP contribution in [0.2, 0.25) is 5.02 Å². The van der Waals surface area contributed by atoms with Crippen molar-refractivity contribution in [2.45, 2.75) is 56.9 Å². The number of nitrogens with zero attached hydrogens (tertiary/aromatic N) is 1. The van der Waals surface area contributed by atoms with Crippen LogP contribution in [0.5, 0.6) is 17.2 Å². The summed E-state index contributed by atoms with van der Waals surface area (Å²) >= 11 is 6.58. The molecule has 0 aliphatic heterocycles. The number of aliphatic hydroxyl groups is 1. The number of anilines is 1. The number of halogens is 1. The van der Waals surface area contributed by atoms with Gasteiger partial charge in [-0.2, -0.15) is 0 Å². The fraction of sp³-hybridized carbons (Fsp3) is 0.326. The molecule has 7 N–H and O–H groups in total. The summed E-state index contributed by atoms with van der Waals surface area (Å²) in [5.74, 6) is 0.403. The molecule has 1 aliphatic carbocycles. The number of benzene rings is 4. The molecule has 0 unspecified atom stereocenters. The zero-order chi connectivity index (χ0) is 40.5. The Morgan fingerprint density at radius 3 is 2.53 bits per heavy atom. The molecule has 300 valence electrons. The summed E-state index contributed by atoms with van der Waals surface area (Å²) in [7, 11) is 3.21. The van der Waals surface area contributed by atoms with Crippen molar-refractivity contribution in [3.05, 3.63) is 117 Å². The number of rotatable bonds is 15. The Morgan fingerprint density at radius 1 is 1.00 bits per heavy atom. The maximum Gasteiger partial charge on any atom is 0.411 e. The normalized spacial score (nSPS) is 15.8. The highest BCUT2D eigenvalue weighted by molar-refractivity contribution is 6.32. The van der Waals surface area contributed by atoms with Gasteiger partial charge < -0.3 is 45.4 Å². The second kappa shape index (κ2) is 19.0.